The summed E-state index contributed by atoms with van der Waals surface area (Å²) < 4.78 is 12.0. The fraction of sp³-hybridized carbons (Fsp3) is 0.400. The molecule has 0 radical (unpaired) electrons. The van der Waals surface area contributed by atoms with Crippen LogP contribution in [0, 0.1) is 0 Å². The molecule has 0 atom stereocenters. The molecule has 0 aliphatic carbocycles. The number of nitrogens with zero attached hydrogens (tertiary/aromatic N) is 3. The highest BCUT2D eigenvalue weighted by Crippen LogP contribution is 2.19. The lowest BCUT2D eigenvalue weighted by atomic mass is 10.3. The van der Waals surface area contributed by atoms with E-state index >= 15 is 0 Å². The summed E-state index contributed by atoms with van der Waals surface area (Å²) in [7, 11) is 1.64. The van der Waals surface area contributed by atoms with Crippen molar-refractivity contribution in [1.29, 1.82) is 0 Å². The molecule has 6 heteroatoms. The van der Waals surface area contributed by atoms with E-state index in [1.807, 2.05) is 12.3 Å². The van der Waals surface area contributed by atoms with Gasteiger partial charge in [0.15, 0.2) is 5.15 Å². The quantitative estimate of drug-likeness (QED) is 0.746. The minimum atomic E-state index is 0.436. The van der Waals surface area contributed by atoms with Gasteiger partial charge in [-0.15, -0.1) is 0 Å². The summed E-state index contributed by atoms with van der Waals surface area (Å²) in [6.07, 6.45) is 3.25. The molecular weight excluding hydrogens is 230 g/mol. The SMILES string of the molecule is COCCOCc1ccn2ncnc(Cl)c12. The smallest absolute Gasteiger partial charge is 0.156 e. The summed E-state index contributed by atoms with van der Waals surface area (Å²) in [5.41, 5.74) is 1.77. The topological polar surface area (TPSA) is 48.7 Å². The van der Waals surface area contributed by atoms with Crippen LogP contribution in [0.1, 0.15) is 5.56 Å². The Hall–Kier alpha value is -1.17. The molecule has 0 fully saturated rings. The van der Waals surface area contributed by atoms with Crippen molar-refractivity contribution < 1.29 is 9.47 Å². The summed E-state index contributed by atoms with van der Waals surface area (Å²) in [6, 6.07) is 1.92. The van der Waals surface area contributed by atoms with E-state index in [-0.39, 0.29) is 0 Å². The van der Waals surface area contributed by atoms with Gasteiger partial charge in [-0.3, -0.25) is 0 Å². The van der Waals surface area contributed by atoms with Gasteiger partial charge in [0.05, 0.1) is 19.8 Å². The molecular formula is C10H12ClN3O2. The monoisotopic (exact) mass is 241 g/mol. The van der Waals surface area contributed by atoms with E-state index in [0.717, 1.165) is 11.1 Å². The van der Waals surface area contributed by atoms with Crippen LogP contribution in [0.3, 0.4) is 0 Å². The first-order valence-electron chi connectivity index (χ1n) is 4.86. The first-order valence-corrected chi connectivity index (χ1v) is 5.24. The van der Waals surface area contributed by atoms with Crippen molar-refractivity contribution in [2.24, 2.45) is 0 Å². The molecule has 2 rings (SSSR count). The Morgan fingerprint density at radius 1 is 1.44 bits per heavy atom. The zero-order valence-electron chi connectivity index (χ0n) is 8.89. The van der Waals surface area contributed by atoms with Crippen molar-refractivity contribution in [2.75, 3.05) is 20.3 Å². The van der Waals surface area contributed by atoms with E-state index in [2.05, 4.69) is 10.1 Å². The minimum Gasteiger partial charge on any atom is -0.382 e. The van der Waals surface area contributed by atoms with Crippen LogP contribution in [0.2, 0.25) is 5.15 Å². The van der Waals surface area contributed by atoms with E-state index in [4.69, 9.17) is 21.1 Å². The second-order valence-electron chi connectivity index (χ2n) is 3.23. The number of rotatable bonds is 5. The van der Waals surface area contributed by atoms with Crippen molar-refractivity contribution in [3.8, 4) is 0 Å². The Labute approximate surface area is 97.9 Å². The van der Waals surface area contributed by atoms with Gasteiger partial charge in [-0.05, 0) is 6.07 Å². The van der Waals surface area contributed by atoms with Crippen LogP contribution in [0.15, 0.2) is 18.6 Å². The highest BCUT2D eigenvalue weighted by Gasteiger charge is 2.07. The zero-order chi connectivity index (χ0) is 11.4. The average molecular weight is 242 g/mol. The van der Waals surface area contributed by atoms with Gasteiger partial charge in [-0.1, -0.05) is 11.6 Å². The molecule has 16 heavy (non-hydrogen) atoms. The van der Waals surface area contributed by atoms with E-state index in [1.165, 1.54) is 6.33 Å². The Kier molecular flexibility index (Phi) is 3.71. The lowest BCUT2D eigenvalue weighted by molar-refractivity contribution is 0.0621. The standard InChI is InChI=1S/C10H12ClN3O2/c1-15-4-5-16-6-8-2-3-14-9(8)10(11)12-7-13-14/h2-3,7H,4-6H2,1H3. The van der Waals surface area contributed by atoms with Crippen LogP contribution >= 0.6 is 11.6 Å². The van der Waals surface area contributed by atoms with Crippen LogP contribution in [0.5, 0.6) is 0 Å². The summed E-state index contributed by atoms with van der Waals surface area (Å²) in [5, 5.41) is 4.48. The Bertz CT molecular complexity index is 472. The largest absolute Gasteiger partial charge is 0.382 e. The van der Waals surface area contributed by atoms with Crippen molar-refractivity contribution in [2.45, 2.75) is 6.61 Å². The van der Waals surface area contributed by atoms with Gasteiger partial charge in [0.25, 0.3) is 0 Å². The maximum atomic E-state index is 5.99. The van der Waals surface area contributed by atoms with Gasteiger partial charge in [0, 0.05) is 18.9 Å². The van der Waals surface area contributed by atoms with Gasteiger partial charge in [0.2, 0.25) is 0 Å². The summed E-state index contributed by atoms with van der Waals surface area (Å²) in [4.78, 5) is 3.94. The number of fused-ring (bicyclic) bond motifs is 1. The predicted octanol–water partition coefficient (Wildman–Crippen LogP) is 1.55. The molecule has 0 aliphatic heterocycles. The minimum absolute atomic E-state index is 0.436. The highest BCUT2D eigenvalue weighted by atomic mass is 35.5. The molecule has 2 aromatic rings. The van der Waals surface area contributed by atoms with Crippen LogP contribution in [0.25, 0.3) is 5.52 Å². The van der Waals surface area contributed by atoms with Crippen LogP contribution in [-0.4, -0.2) is 34.9 Å². The second-order valence-corrected chi connectivity index (χ2v) is 3.59. The van der Waals surface area contributed by atoms with Gasteiger partial charge < -0.3 is 9.47 Å². The molecule has 0 saturated carbocycles. The lowest BCUT2D eigenvalue weighted by Gasteiger charge is -2.03. The third kappa shape index (κ3) is 2.32. The second kappa shape index (κ2) is 5.25. The highest BCUT2D eigenvalue weighted by molar-refractivity contribution is 6.32. The van der Waals surface area contributed by atoms with Gasteiger partial charge >= 0.3 is 0 Å². The van der Waals surface area contributed by atoms with Crippen LogP contribution < -0.4 is 0 Å². The Balaban J connectivity index is 2.12. The maximum absolute atomic E-state index is 5.99. The Morgan fingerprint density at radius 3 is 3.12 bits per heavy atom. The summed E-state index contributed by atoms with van der Waals surface area (Å²) in [6.45, 7) is 1.61. The van der Waals surface area contributed by atoms with Crippen LogP contribution in [0.4, 0.5) is 0 Å². The maximum Gasteiger partial charge on any atom is 0.156 e. The van der Waals surface area contributed by atoms with Crippen LogP contribution in [-0.2, 0) is 16.1 Å². The van der Waals surface area contributed by atoms with Gasteiger partial charge in [-0.25, -0.2) is 9.50 Å². The third-order valence-electron chi connectivity index (χ3n) is 2.18. The van der Waals surface area contributed by atoms with E-state index in [0.29, 0.717) is 25.0 Å². The number of ether oxygens (including phenoxy) is 2. The number of hydrogen-bond acceptors (Lipinski definition) is 4. The van der Waals surface area contributed by atoms with Crippen molar-refractivity contribution in [3.05, 3.63) is 29.3 Å². The number of hydrogen-bond donors (Lipinski definition) is 0. The van der Waals surface area contributed by atoms with Crippen molar-refractivity contribution >= 4 is 17.1 Å². The zero-order valence-corrected chi connectivity index (χ0v) is 9.65. The number of halogens is 1. The first-order chi connectivity index (χ1) is 7.83. The lowest BCUT2D eigenvalue weighted by Crippen LogP contribution is -2.02. The molecule has 2 heterocycles. The third-order valence-corrected chi connectivity index (χ3v) is 2.46. The molecule has 0 spiro atoms. The molecule has 0 saturated heterocycles. The molecule has 0 aliphatic rings. The van der Waals surface area contributed by atoms with Crippen molar-refractivity contribution in [3.63, 3.8) is 0 Å². The molecule has 5 nitrogen and oxygen atoms in total. The molecule has 0 amide bonds. The fourth-order valence-corrected chi connectivity index (χ4v) is 1.67. The normalized spacial score (nSPS) is 11.1. The average Bonchev–Trinajstić information content (AvgIpc) is 2.69. The number of methoxy groups -OCH3 is 1. The van der Waals surface area contributed by atoms with Gasteiger partial charge in [-0.2, -0.15) is 5.10 Å². The van der Waals surface area contributed by atoms with Gasteiger partial charge in [0.1, 0.15) is 11.8 Å². The summed E-state index contributed by atoms with van der Waals surface area (Å²) >= 11 is 5.99. The van der Waals surface area contributed by atoms with Crippen molar-refractivity contribution in [1.82, 2.24) is 14.6 Å². The van der Waals surface area contributed by atoms with E-state index in [9.17, 15) is 0 Å². The summed E-state index contributed by atoms with van der Waals surface area (Å²) in [5.74, 6) is 0. The molecule has 2 aromatic heterocycles. The number of aromatic nitrogens is 3. The fourth-order valence-electron chi connectivity index (χ4n) is 1.42. The first kappa shape index (κ1) is 11.3. The molecule has 0 unspecified atom stereocenters. The van der Waals surface area contributed by atoms with E-state index < -0.39 is 0 Å². The molecule has 0 bridgehead atoms. The Morgan fingerprint density at radius 2 is 2.31 bits per heavy atom. The predicted molar refractivity (Wildman–Crippen MR) is 59.5 cm³/mol. The molecule has 0 N–H and O–H groups in total. The molecule has 86 valence electrons. The molecule has 0 aromatic carbocycles. The van der Waals surface area contributed by atoms with E-state index in [1.54, 1.807) is 11.6 Å².